The predicted molar refractivity (Wildman–Crippen MR) is 98.5 cm³/mol. The number of hydrogen-bond acceptors (Lipinski definition) is 5. The Bertz CT molecular complexity index is 898. The molecule has 0 fully saturated rings. The minimum absolute atomic E-state index is 0.0311. The molecule has 0 radical (unpaired) electrons. The Hall–Kier alpha value is -2.94. The first kappa shape index (κ1) is 18.8. The molecule has 6 nitrogen and oxygen atoms in total. The minimum Gasteiger partial charge on any atom is -0.435 e. The van der Waals surface area contributed by atoms with E-state index in [2.05, 4.69) is 20.3 Å². The third-order valence-electron chi connectivity index (χ3n) is 3.52. The lowest BCUT2D eigenvalue weighted by Crippen LogP contribution is -2.14. The molecule has 0 bridgehead atoms. The fourth-order valence-electron chi connectivity index (χ4n) is 2.25. The highest BCUT2D eigenvalue weighted by atomic mass is 32.2. The van der Waals surface area contributed by atoms with E-state index in [0.29, 0.717) is 10.8 Å². The van der Waals surface area contributed by atoms with Gasteiger partial charge in [-0.05, 0) is 43.3 Å². The van der Waals surface area contributed by atoms with Gasteiger partial charge >= 0.3 is 6.61 Å². The van der Waals surface area contributed by atoms with E-state index in [4.69, 9.17) is 0 Å². The molecule has 0 aliphatic rings. The van der Waals surface area contributed by atoms with E-state index >= 15 is 0 Å². The average Bonchev–Trinajstić information content (AvgIpc) is 3.10. The molecule has 0 unspecified atom stereocenters. The molecule has 0 saturated carbocycles. The average molecular weight is 390 g/mol. The van der Waals surface area contributed by atoms with Gasteiger partial charge in [0.2, 0.25) is 5.91 Å². The lowest BCUT2D eigenvalue weighted by atomic mass is 10.2. The van der Waals surface area contributed by atoms with Crippen molar-refractivity contribution in [1.82, 2.24) is 14.8 Å². The van der Waals surface area contributed by atoms with Crippen molar-refractivity contribution in [1.29, 1.82) is 0 Å². The zero-order valence-corrected chi connectivity index (χ0v) is 15.1. The third kappa shape index (κ3) is 5.27. The van der Waals surface area contributed by atoms with Gasteiger partial charge in [-0.25, -0.2) is 0 Å². The summed E-state index contributed by atoms with van der Waals surface area (Å²) in [6, 6.07) is 13.6. The van der Waals surface area contributed by atoms with Crippen molar-refractivity contribution in [2.45, 2.75) is 18.7 Å². The predicted octanol–water partition coefficient (Wildman–Crippen LogP) is 3.91. The first-order valence-corrected chi connectivity index (χ1v) is 8.94. The molecule has 0 saturated heterocycles. The van der Waals surface area contributed by atoms with Gasteiger partial charge in [-0.3, -0.25) is 9.36 Å². The molecule has 0 atom stereocenters. The van der Waals surface area contributed by atoms with Crippen LogP contribution in [0.2, 0.25) is 0 Å². The SMILES string of the molecule is Cc1ccc(-n2cnnc2SCC(=O)Nc2ccc(OC(F)F)cc2)cc1. The van der Waals surface area contributed by atoms with E-state index in [-0.39, 0.29) is 17.4 Å². The Balaban J connectivity index is 1.57. The van der Waals surface area contributed by atoms with Crippen molar-refractivity contribution >= 4 is 23.4 Å². The first-order chi connectivity index (χ1) is 13.0. The van der Waals surface area contributed by atoms with Gasteiger partial charge in [-0.2, -0.15) is 8.78 Å². The number of rotatable bonds is 7. The fraction of sp³-hybridized carbons (Fsp3) is 0.167. The number of thioether (sulfide) groups is 1. The minimum atomic E-state index is -2.88. The van der Waals surface area contributed by atoms with Gasteiger partial charge in [0.25, 0.3) is 0 Å². The van der Waals surface area contributed by atoms with Crippen molar-refractivity contribution in [2.75, 3.05) is 11.1 Å². The van der Waals surface area contributed by atoms with Gasteiger partial charge < -0.3 is 10.1 Å². The number of anilines is 1. The number of ether oxygens (including phenoxy) is 1. The number of halogens is 2. The largest absolute Gasteiger partial charge is 0.435 e. The number of benzene rings is 2. The van der Waals surface area contributed by atoms with Gasteiger partial charge in [0.05, 0.1) is 5.75 Å². The number of aryl methyl sites for hydroxylation is 1. The van der Waals surface area contributed by atoms with E-state index in [1.807, 2.05) is 31.2 Å². The topological polar surface area (TPSA) is 69.0 Å². The molecule has 3 rings (SSSR count). The van der Waals surface area contributed by atoms with Crippen LogP contribution in [-0.2, 0) is 4.79 Å². The molecular weight excluding hydrogens is 374 g/mol. The van der Waals surface area contributed by atoms with Crippen LogP contribution in [0.1, 0.15) is 5.56 Å². The molecule has 27 heavy (non-hydrogen) atoms. The third-order valence-corrected chi connectivity index (χ3v) is 4.47. The second-order valence-electron chi connectivity index (χ2n) is 5.56. The highest BCUT2D eigenvalue weighted by Crippen LogP contribution is 2.21. The van der Waals surface area contributed by atoms with E-state index < -0.39 is 6.61 Å². The molecular formula is C18H16F2N4O2S. The quantitative estimate of drug-likeness (QED) is 0.620. The molecule has 1 aromatic heterocycles. The van der Waals surface area contributed by atoms with Gasteiger partial charge in [-0.15, -0.1) is 10.2 Å². The Labute approximate surface area is 158 Å². The number of alkyl halides is 2. The monoisotopic (exact) mass is 390 g/mol. The van der Waals surface area contributed by atoms with Crippen LogP contribution < -0.4 is 10.1 Å². The highest BCUT2D eigenvalue weighted by Gasteiger charge is 2.11. The van der Waals surface area contributed by atoms with E-state index in [1.54, 1.807) is 10.9 Å². The number of amides is 1. The van der Waals surface area contributed by atoms with Crippen molar-refractivity contribution in [3.05, 3.63) is 60.4 Å². The van der Waals surface area contributed by atoms with Gasteiger partial charge in [0.1, 0.15) is 12.1 Å². The van der Waals surface area contributed by atoms with E-state index in [1.165, 1.54) is 36.0 Å². The number of nitrogens with one attached hydrogen (secondary N) is 1. The summed E-state index contributed by atoms with van der Waals surface area (Å²) >= 11 is 1.25. The summed E-state index contributed by atoms with van der Waals surface area (Å²) < 4.78 is 30.3. The van der Waals surface area contributed by atoms with Crippen LogP contribution in [0, 0.1) is 6.92 Å². The normalized spacial score (nSPS) is 10.8. The number of hydrogen-bond donors (Lipinski definition) is 1. The zero-order valence-electron chi connectivity index (χ0n) is 14.3. The summed E-state index contributed by atoms with van der Waals surface area (Å²) in [6.07, 6.45) is 1.59. The number of carbonyl (C=O) groups is 1. The molecule has 140 valence electrons. The van der Waals surface area contributed by atoms with Crippen LogP contribution in [0.15, 0.2) is 60.0 Å². The fourth-order valence-corrected chi connectivity index (χ4v) is 2.98. The maximum atomic E-state index is 12.1. The standard InChI is InChI=1S/C18H16F2N4O2S/c1-12-2-6-14(7-3-12)24-11-21-23-18(24)27-10-16(25)22-13-4-8-15(9-5-13)26-17(19)20/h2-9,11,17H,10H2,1H3,(H,22,25). The number of carbonyl (C=O) groups excluding carboxylic acids is 1. The molecule has 1 amide bonds. The van der Waals surface area contributed by atoms with Crippen molar-refractivity contribution in [3.63, 3.8) is 0 Å². The second kappa shape index (κ2) is 8.63. The Morgan fingerprint density at radius 2 is 1.89 bits per heavy atom. The zero-order chi connectivity index (χ0) is 19.2. The maximum Gasteiger partial charge on any atom is 0.387 e. The number of aromatic nitrogens is 3. The molecule has 1 N–H and O–H groups in total. The van der Waals surface area contributed by atoms with Crippen LogP contribution in [0.3, 0.4) is 0 Å². The summed E-state index contributed by atoms with van der Waals surface area (Å²) in [4.78, 5) is 12.1. The summed E-state index contributed by atoms with van der Waals surface area (Å²) in [6.45, 7) is -0.880. The molecule has 0 aliphatic heterocycles. The molecule has 3 aromatic rings. The van der Waals surface area contributed by atoms with Gasteiger partial charge in [0, 0.05) is 11.4 Å². The van der Waals surface area contributed by atoms with Crippen LogP contribution in [0.4, 0.5) is 14.5 Å². The molecule has 0 aliphatic carbocycles. The Kier molecular flexibility index (Phi) is 6.02. The molecule has 1 heterocycles. The number of nitrogens with zero attached hydrogens (tertiary/aromatic N) is 3. The summed E-state index contributed by atoms with van der Waals surface area (Å²) in [7, 11) is 0. The second-order valence-corrected chi connectivity index (χ2v) is 6.50. The summed E-state index contributed by atoms with van der Waals surface area (Å²) in [5.41, 5.74) is 2.54. The van der Waals surface area contributed by atoms with Crippen molar-refractivity contribution < 1.29 is 18.3 Å². The van der Waals surface area contributed by atoms with Crippen LogP contribution in [-0.4, -0.2) is 33.0 Å². The van der Waals surface area contributed by atoms with Crippen molar-refractivity contribution in [3.8, 4) is 11.4 Å². The first-order valence-electron chi connectivity index (χ1n) is 7.96. The van der Waals surface area contributed by atoms with Gasteiger partial charge in [-0.1, -0.05) is 29.5 Å². The lowest BCUT2D eigenvalue weighted by Gasteiger charge is -2.08. The van der Waals surface area contributed by atoms with E-state index in [0.717, 1.165) is 11.3 Å². The van der Waals surface area contributed by atoms with Crippen LogP contribution >= 0.6 is 11.8 Å². The highest BCUT2D eigenvalue weighted by molar-refractivity contribution is 7.99. The van der Waals surface area contributed by atoms with Gasteiger partial charge in [0.15, 0.2) is 5.16 Å². The summed E-state index contributed by atoms with van der Waals surface area (Å²) in [5, 5.41) is 11.2. The Morgan fingerprint density at radius 1 is 1.19 bits per heavy atom. The molecule has 9 heteroatoms. The van der Waals surface area contributed by atoms with Crippen LogP contribution in [0.5, 0.6) is 5.75 Å². The maximum absolute atomic E-state index is 12.1. The van der Waals surface area contributed by atoms with Crippen molar-refractivity contribution in [2.24, 2.45) is 0 Å². The molecule has 0 spiro atoms. The molecule has 2 aromatic carbocycles. The summed E-state index contributed by atoms with van der Waals surface area (Å²) in [5.74, 6) is -0.0932. The van der Waals surface area contributed by atoms with E-state index in [9.17, 15) is 13.6 Å². The lowest BCUT2D eigenvalue weighted by molar-refractivity contribution is -0.113. The smallest absolute Gasteiger partial charge is 0.387 e. The van der Waals surface area contributed by atoms with Crippen LogP contribution in [0.25, 0.3) is 5.69 Å². The Morgan fingerprint density at radius 3 is 2.56 bits per heavy atom.